The van der Waals surface area contributed by atoms with E-state index in [1.807, 2.05) is 16.8 Å². The molecule has 120 valence electrons. The van der Waals surface area contributed by atoms with Gasteiger partial charge in [-0.05, 0) is 39.2 Å². The van der Waals surface area contributed by atoms with Crippen molar-refractivity contribution < 1.29 is 9.59 Å². The lowest BCUT2D eigenvalue weighted by Gasteiger charge is -2.33. The molecule has 1 aliphatic rings. The third kappa shape index (κ3) is 4.84. The van der Waals surface area contributed by atoms with E-state index in [0.717, 1.165) is 25.8 Å². The van der Waals surface area contributed by atoms with Crippen molar-refractivity contribution in [3.8, 4) is 0 Å². The van der Waals surface area contributed by atoms with E-state index >= 15 is 0 Å². The average Bonchev–Trinajstić information content (AvgIpc) is 2.82. The molecule has 0 aromatic heterocycles. The molecule has 0 aliphatic carbocycles. The number of nitrogens with two attached hydrogens (primary N) is 1. The Morgan fingerprint density at radius 2 is 2.05 bits per heavy atom. The molecule has 21 heavy (non-hydrogen) atoms. The molecule has 1 rings (SSSR count). The molecule has 0 aromatic rings. The molecular formula is C16H29N3O2. The molecule has 2 amide bonds. The van der Waals surface area contributed by atoms with Crippen LogP contribution in [0.15, 0.2) is 12.2 Å². The van der Waals surface area contributed by atoms with E-state index < -0.39 is 0 Å². The topological polar surface area (TPSA) is 66.6 Å². The fraction of sp³-hybridized carbons (Fsp3) is 0.750. The van der Waals surface area contributed by atoms with Crippen molar-refractivity contribution in [1.82, 2.24) is 9.80 Å². The predicted octanol–water partition coefficient (Wildman–Crippen LogP) is 1.39. The first-order valence-corrected chi connectivity index (χ1v) is 7.70. The van der Waals surface area contributed by atoms with Gasteiger partial charge in [0.15, 0.2) is 0 Å². The maximum atomic E-state index is 12.1. The van der Waals surface area contributed by atoms with Gasteiger partial charge in [-0.15, -0.1) is 0 Å². The van der Waals surface area contributed by atoms with Crippen LogP contribution >= 0.6 is 0 Å². The number of hydrogen-bond donors (Lipinski definition) is 1. The van der Waals surface area contributed by atoms with Crippen molar-refractivity contribution in [3.05, 3.63) is 12.2 Å². The molecule has 5 heteroatoms. The minimum absolute atomic E-state index is 0.0189. The van der Waals surface area contributed by atoms with Crippen molar-refractivity contribution in [2.45, 2.75) is 52.1 Å². The van der Waals surface area contributed by atoms with Gasteiger partial charge in [0.1, 0.15) is 0 Å². The largest absolute Gasteiger partial charge is 0.368 e. The molecule has 0 spiro atoms. The molecule has 0 saturated carbocycles. The molecule has 1 aliphatic heterocycles. The summed E-state index contributed by atoms with van der Waals surface area (Å²) in [5.74, 6) is 0.133. The summed E-state index contributed by atoms with van der Waals surface area (Å²) >= 11 is 0. The van der Waals surface area contributed by atoms with Gasteiger partial charge in [0.25, 0.3) is 0 Å². The summed E-state index contributed by atoms with van der Waals surface area (Å²) < 4.78 is 0. The van der Waals surface area contributed by atoms with E-state index in [9.17, 15) is 9.59 Å². The Morgan fingerprint density at radius 1 is 1.43 bits per heavy atom. The number of carbonyl (C=O) groups is 2. The second-order valence-corrected chi connectivity index (χ2v) is 6.56. The Morgan fingerprint density at radius 3 is 2.52 bits per heavy atom. The van der Waals surface area contributed by atoms with Crippen LogP contribution in [0.25, 0.3) is 0 Å². The minimum atomic E-state index is -0.290. The average molecular weight is 295 g/mol. The molecule has 0 radical (unpaired) electrons. The van der Waals surface area contributed by atoms with Crippen LogP contribution < -0.4 is 5.73 Å². The van der Waals surface area contributed by atoms with Crippen LogP contribution in [0.2, 0.25) is 0 Å². The van der Waals surface area contributed by atoms with Crippen LogP contribution in [0.5, 0.6) is 0 Å². The zero-order valence-electron chi connectivity index (χ0n) is 13.8. The third-order valence-corrected chi connectivity index (χ3v) is 4.06. The number of hydrogen-bond acceptors (Lipinski definition) is 3. The van der Waals surface area contributed by atoms with Gasteiger partial charge in [0.05, 0.1) is 6.04 Å². The molecule has 0 bridgehead atoms. The first-order chi connectivity index (χ1) is 9.73. The zero-order valence-corrected chi connectivity index (χ0v) is 13.8. The van der Waals surface area contributed by atoms with Crippen LogP contribution in [0.1, 0.15) is 40.0 Å². The summed E-state index contributed by atoms with van der Waals surface area (Å²) in [4.78, 5) is 27.7. The highest BCUT2D eigenvalue weighted by molar-refractivity contribution is 5.92. The maximum Gasteiger partial charge on any atom is 0.249 e. The van der Waals surface area contributed by atoms with Gasteiger partial charge in [-0.1, -0.05) is 20.4 Å². The molecule has 1 fully saturated rings. The van der Waals surface area contributed by atoms with Gasteiger partial charge in [-0.25, -0.2) is 0 Å². The van der Waals surface area contributed by atoms with E-state index in [0.29, 0.717) is 18.0 Å². The lowest BCUT2D eigenvalue weighted by atomic mass is 10.0. The van der Waals surface area contributed by atoms with Crippen LogP contribution in [-0.4, -0.2) is 53.8 Å². The summed E-state index contributed by atoms with van der Waals surface area (Å²) in [6.45, 7) is 11.1. The number of rotatable bonds is 7. The second-order valence-electron chi connectivity index (χ2n) is 6.56. The van der Waals surface area contributed by atoms with E-state index in [-0.39, 0.29) is 23.9 Å². The molecule has 2 N–H and O–H groups in total. The highest BCUT2D eigenvalue weighted by Crippen LogP contribution is 2.21. The molecular weight excluding hydrogens is 266 g/mol. The van der Waals surface area contributed by atoms with E-state index in [1.54, 1.807) is 6.92 Å². The van der Waals surface area contributed by atoms with E-state index in [1.165, 1.54) is 0 Å². The van der Waals surface area contributed by atoms with E-state index in [4.69, 9.17) is 5.73 Å². The van der Waals surface area contributed by atoms with Gasteiger partial charge in [-0.3, -0.25) is 14.5 Å². The Bertz CT molecular complexity index is 406. The summed E-state index contributed by atoms with van der Waals surface area (Å²) in [7, 11) is 1.92. The smallest absolute Gasteiger partial charge is 0.249 e. The van der Waals surface area contributed by atoms with Crippen molar-refractivity contribution in [1.29, 1.82) is 0 Å². The third-order valence-electron chi connectivity index (χ3n) is 4.06. The van der Waals surface area contributed by atoms with Gasteiger partial charge in [-0.2, -0.15) is 0 Å². The Hall–Kier alpha value is -1.36. The highest BCUT2D eigenvalue weighted by Gasteiger charge is 2.32. The van der Waals surface area contributed by atoms with E-state index in [2.05, 4.69) is 20.4 Å². The van der Waals surface area contributed by atoms with Crippen LogP contribution in [0.4, 0.5) is 0 Å². The summed E-state index contributed by atoms with van der Waals surface area (Å²) in [5, 5.41) is 0. The molecule has 2 atom stereocenters. The van der Waals surface area contributed by atoms with Crippen LogP contribution in [0, 0.1) is 5.92 Å². The maximum absolute atomic E-state index is 12.1. The highest BCUT2D eigenvalue weighted by atomic mass is 16.2. The molecule has 5 nitrogen and oxygen atoms in total. The molecule has 1 heterocycles. The van der Waals surface area contributed by atoms with Gasteiger partial charge < -0.3 is 10.6 Å². The molecule has 2 unspecified atom stereocenters. The fourth-order valence-corrected chi connectivity index (χ4v) is 2.96. The second kappa shape index (κ2) is 7.59. The Balaban J connectivity index is 2.71. The number of likely N-dealkylation sites (N-methyl/N-ethyl adjacent to an activating group) is 1. The number of likely N-dealkylation sites (tertiary alicyclic amines) is 1. The van der Waals surface area contributed by atoms with Gasteiger partial charge in [0, 0.05) is 24.7 Å². The first-order valence-electron chi connectivity index (χ1n) is 7.70. The van der Waals surface area contributed by atoms with Crippen LogP contribution in [-0.2, 0) is 9.59 Å². The van der Waals surface area contributed by atoms with Crippen LogP contribution in [0.3, 0.4) is 0 Å². The normalized spacial score (nSPS) is 20.1. The SMILES string of the molecule is C=C(C)C(=O)N1CCCC1CN(C)C(CC(C)C)C(N)=O. The van der Waals surface area contributed by atoms with Gasteiger partial charge >= 0.3 is 0 Å². The number of nitrogens with zero attached hydrogens (tertiary/aromatic N) is 2. The summed E-state index contributed by atoms with van der Waals surface area (Å²) in [6.07, 6.45) is 2.71. The molecule has 1 saturated heterocycles. The number of primary amides is 1. The minimum Gasteiger partial charge on any atom is -0.368 e. The first kappa shape index (κ1) is 17.7. The number of carbonyl (C=O) groups excluding carboxylic acids is 2. The molecule has 0 aromatic carbocycles. The van der Waals surface area contributed by atoms with Crippen molar-refractivity contribution >= 4 is 11.8 Å². The lowest BCUT2D eigenvalue weighted by Crippen LogP contribution is -2.49. The quantitative estimate of drug-likeness (QED) is 0.722. The Labute approximate surface area is 128 Å². The summed E-state index contributed by atoms with van der Waals surface area (Å²) in [5.41, 5.74) is 6.10. The van der Waals surface area contributed by atoms with Crippen molar-refractivity contribution in [2.75, 3.05) is 20.1 Å². The van der Waals surface area contributed by atoms with Gasteiger partial charge in [0.2, 0.25) is 11.8 Å². The fourth-order valence-electron chi connectivity index (χ4n) is 2.96. The number of amides is 2. The van der Waals surface area contributed by atoms with Crippen molar-refractivity contribution in [3.63, 3.8) is 0 Å². The lowest BCUT2D eigenvalue weighted by molar-refractivity contribution is -0.128. The summed E-state index contributed by atoms with van der Waals surface area (Å²) in [6, 6.07) is -0.124. The monoisotopic (exact) mass is 295 g/mol. The standard InChI is InChI=1S/C16H29N3O2/c1-11(2)9-14(15(17)20)18(5)10-13-7-6-8-19(13)16(21)12(3)4/h11,13-14H,3,6-10H2,1-2,4-5H3,(H2,17,20). The zero-order chi connectivity index (χ0) is 16.2. The Kier molecular flexibility index (Phi) is 6.40. The predicted molar refractivity (Wildman–Crippen MR) is 84.6 cm³/mol. The van der Waals surface area contributed by atoms with Crippen molar-refractivity contribution in [2.24, 2.45) is 11.7 Å².